The first-order chi connectivity index (χ1) is 31.1. The fourth-order valence-corrected chi connectivity index (χ4v) is 10.5. The Balaban J connectivity index is 1.13. The van der Waals surface area contributed by atoms with Crippen LogP contribution < -0.4 is 0 Å². The number of esters is 6. The van der Waals surface area contributed by atoms with Crippen molar-refractivity contribution in [1.29, 1.82) is 0 Å². The van der Waals surface area contributed by atoms with Gasteiger partial charge in [0.2, 0.25) is 0 Å². The maximum Gasteiger partial charge on any atom is 0.417 e. The van der Waals surface area contributed by atoms with Crippen molar-refractivity contribution in [3.05, 3.63) is 47.8 Å². The summed E-state index contributed by atoms with van der Waals surface area (Å²) in [6, 6.07) is 3.26. The van der Waals surface area contributed by atoms with Gasteiger partial charge in [0.25, 0.3) is 0 Å². The van der Waals surface area contributed by atoms with Crippen LogP contribution in [0, 0.1) is 29.6 Å². The summed E-state index contributed by atoms with van der Waals surface area (Å²) in [5.74, 6) is -9.05. The molecule has 0 radical (unpaired) electrons. The van der Waals surface area contributed by atoms with Gasteiger partial charge < -0.3 is 52.7 Å². The monoisotopic (exact) mass is 911 g/mol. The van der Waals surface area contributed by atoms with E-state index in [9.17, 15) is 28.8 Å². The van der Waals surface area contributed by atoms with Crippen molar-refractivity contribution in [1.82, 2.24) is 24.6 Å². The van der Waals surface area contributed by atoms with E-state index >= 15 is 0 Å². The highest BCUT2D eigenvalue weighted by molar-refractivity contribution is 6.30. The third kappa shape index (κ3) is 10.5. The second-order valence-corrected chi connectivity index (χ2v) is 18.4. The first-order valence-corrected chi connectivity index (χ1v) is 22.8. The van der Waals surface area contributed by atoms with Gasteiger partial charge in [-0.15, -0.1) is 0 Å². The summed E-state index contributed by atoms with van der Waals surface area (Å²) in [7, 11) is 5.47. The number of nitrogens with zero attached hydrogens (tertiary/aromatic N) is 4. The Kier molecular flexibility index (Phi) is 15.5. The van der Waals surface area contributed by atoms with Gasteiger partial charge in [-0.2, -0.15) is 0 Å². The van der Waals surface area contributed by atoms with Crippen molar-refractivity contribution in [2.75, 3.05) is 99.9 Å². The number of carbonyl (C=O) groups excluding carboxylic acids is 6. The molecule has 1 saturated carbocycles. The molecule has 1 aromatic heterocycles. The molecule has 7 rings (SSSR count). The molecular weight excluding hydrogens is 847 g/mol. The summed E-state index contributed by atoms with van der Waals surface area (Å²) in [5, 5.41) is 0. The van der Waals surface area contributed by atoms with Gasteiger partial charge >= 0.3 is 35.8 Å². The number of carbonyl (C=O) groups is 6. The lowest BCUT2D eigenvalue weighted by Crippen LogP contribution is -2.58. The lowest BCUT2D eigenvalue weighted by Gasteiger charge is -2.49. The predicted octanol–water partition coefficient (Wildman–Crippen LogP) is 1.08. The standard InChI is InChI=1S/C46H65N5O14/c1-27-25-28(2)46-31(26-34(58-7)41(53)62-36(27)30(4)61-44(56)42(54)59-23-21-50-17-13-48(5)14-18-50)10-11-32-35(46)37(29(3)38(39(32)65-46)64-40(52)33-9-8-12-47-33)63-45(57)43(55)60-24-22-51-19-15-49(6)16-20-51/h8-12,25,27,29-32,34-39,47H,13-24,26H2,1-7H3/b28-25+/t27-,29-,30-,31-,32?,34+,35?,36+,37-,38-,39-,46+/m1/s1. The molecule has 4 fully saturated rings. The number of ether oxygens (including phenoxy) is 8. The number of methoxy groups -OCH3 is 1. The molecule has 19 heteroatoms. The van der Waals surface area contributed by atoms with Crippen LogP contribution in [0.3, 0.4) is 0 Å². The van der Waals surface area contributed by atoms with Crippen molar-refractivity contribution in [3.8, 4) is 0 Å². The molecule has 4 bridgehead atoms. The van der Waals surface area contributed by atoms with Gasteiger partial charge in [-0.25, -0.2) is 28.8 Å². The van der Waals surface area contributed by atoms with Gasteiger partial charge in [-0.3, -0.25) is 9.80 Å². The van der Waals surface area contributed by atoms with Crippen LogP contribution in [0.1, 0.15) is 44.6 Å². The molecule has 1 spiro atoms. The van der Waals surface area contributed by atoms with Gasteiger partial charge in [-0.05, 0) is 52.1 Å². The maximum absolute atomic E-state index is 14.0. The quantitative estimate of drug-likeness (QED) is 0.135. The van der Waals surface area contributed by atoms with E-state index < -0.39 is 108 Å². The zero-order valence-corrected chi connectivity index (χ0v) is 38.5. The fourth-order valence-electron chi connectivity index (χ4n) is 10.5. The van der Waals surface area contributed by atoms with Crippen LogP contribution in [-0.4, -0.2) is 202 Å². The maximum atomic E-state index is 14.0. The Labute approximate surface area is 379 Å². The number of nitrogens with one attached hydrogen (secondary N) is 1. The van der Waals surface area contributed by atoms with E-state index in [1.165, 1.54) is 14.0 Å². The second-order valence-electron chi connectivity index (χ2n) is 18.4. The van der Waals surface area contributed by atoms with Crippen LogP contribution in [0.25, 0.3) is 0 Å². The molecule has 5 heterocycles. The summed E-state index contributed by atoms with van der Waals surface area (Å²) >= 11 is 0. The molecule has 65 heavy (non-hydrogen) atoms. The first-order valence-electron chi connectivity index (χ1n) is 22.8. The number of hydrogen-bond donors (Lipinski definition) is 1. The Morgan fingerprint density at radius 3 is 2.05 bits per heavy atom. The Morgan fingerprint density at radius 1 is 0.846 bits per heavy atom. The van der Waals surface area contributed by atoms with Gasteiger partial charge in [0, 0.05) is 108 Å². The molecule has 3 saturated heterocycles. The lowest BCUT2D eigenvalue weighted by atomic mass is 9.57. The number of hydrogen-bond acceptors (Lipinski definition) is 18. The van der Waals surface area contributed by atoms with Gasteiger partial charge in [0.1, 0.15) is 55.0 Å². The number of cyclic esters (lactones) is 1. The normalized spacial score (nSPS) is 34.5. The summed E-state index contributed by atoms with van der Waals surface area (Å²) < 4.78 is 47.7. The molecule has 1 N–H and O–H groups in total. The van der Waals surface area contributed by atoms with E-state index in [2.05, 4.69) is 24.6 Å². The third-order valence-electron chi connectivity index (χ3n) is 14.2. The molecule has 1 aromatic rings. The lowest BCUT2D eigenvalue weighted by molar-refractivity contribution is -0.184. The average Bonchev–Trinajstić information content (AvgIpc) is 3.89. The highest BCUT2D eigenvalue weighted by Gasteiger charge is 2.70. The minimum atomic E-state index is -1.29. The topological polar surface area (TPSA) is 205 Å². The summed E-state index contributed by atoms with van der Waals surface area (Å²) in [6.45, 7) is 14.7. The fraction of sp³-hybridized carbons (Fsp3) is 0.696. The van der Waals surface area contributed by atoms with Crippen molar-refractivity contribution < 1.29 is 66.7 Å². The largest absolute Gasteiger partial charge is 0.456 e. The average molecular weight is 912 g/mol. The van der Waals surface area contributed by atoms with E-state index in [1.807, 2.05) is 39.2 Å². The van der Waals surface area contributed by atoms with Crippen LogP contribution in [0.2, 0.25) is 0 Å². The molecule has 12 atom stereocenters. The molecule has 19 nitrogen and oxygen atoms in total. The van der Waals surface area contributed by atoms with Crippen molar-refractivity contribution in [3.63, 3.8) is 0 Å². The Morgan fingerprint density at radius 2 is 1.46 bits per heavy atom. The van der Waals surface area contributed by atoms with E-state index in [0.29, 0.717) is 18.7 Å². The number of aromatic nitrogens is 1. The van der Waals surface area contributed by atoms with Crippen molar-refractivity contribution in [2.45, 2.75) is 76.3 Å². The number of rotatable bonds is 12. The van der Waals surface area contributed by atoms with E-state index in [4.69, 9.17) is 37.9 Å². The van der Waals surface area contributed by atoms with E-state index in [0.717, 1.165) is 52.4 Å². The van der Waals surface area contributed by atoms with Gasteiger partial charge in [-0.1, -0.05) is 32.1 Å². The van der Waals surface area contributed by atoms with E-state index in [1.54, 1.807) is 32.2 Å². The predicted molar refractivity (Wildman–Crippen MR) is 230 cm³/mol. The third-order valence-corrected chi connectivity index (χ3v) is 14.2. The van der Waals surface area contributed by atoms with Crippen LogP contribution in [0.15, 0.2) is 42.1 Å². The summed E-state index contributed by atoms with van der Waals surface area (Å²) in [5.41, 5.74) is -0.395. The Bertz CT molecular complexity index is 1940. The summed E-state index contributed by atoms with van der Waals surface area (Å²) in [4.78, 5) is 92.1. The van der Waals surface area contributed by atoms with Gasteiger partial charge in [0.05, 0.1) is 0 Å². The van der Waals surface area contributed by atoms with Crippen molar-refractivity contribution >= 4 is 35.8 Å². The number of H-pyrrole nitrogens is 1. The highest BCUT2D eigenvalue weighted by Crippen LogP contribution is 2.62. The zero-order chi connectivity index (χ0) is 46.6. The molecular formula is C46H65N5O14. The van der Waals surface area contributed by atoms with Crippen LogP contribution in [-0.2, 0) is 61.9 Å². The Hall–Kier alpha value is -4.66. The van der Waals surface area contributed by atoms with Gasteiger partial charge in [0.15, 0.2) is 6.10 Å². The molecule has 0 aromatic carbocycles. The summed E-state index contributed by atoms with van der Waals surface area (Å²) in [6.07, 6.45) is 1.35. The molecule has 6 aliphatic rings. The van der Waals surface area contributed by atoms with Crippen LogP contribution in [0.5, 0.6) is 0 Å². The van der Waals surface area contributed by atoms with Crippen LogP contribution >= 0.6 is 0 Å². The van der Waals surface area contributed by atoms with Crippen molar-refractivity contribution in [2.24, 2.45) is 29.6 Å². The molecule has 2 aliphatic carbocycles. The van der Waals surface area contributed by atoms with Crippen LogP contribution in [0.4, 0.5) is 0 Å². The number of likely N-dealkylation sites (N-methyl/N-ethyl adjacent to an activating group) is 2. The minimum Gasteiger partial charge on any atom is -0.456 e. The SMILES string of the molecule is CO[C@H]1C[C@H]2C=CC3C4[C@H](OC(=O)C(=O)OCCN5CCN(C)CC5)[C@@H](C)[C@@H](OC(=O)c5ccc[nH]5)[C@@H]3O[C@]42/C(C)=C/[C@@H](C)[C@@H]([C@@H](C)OC(=O)C(=O)OCCN2CCN(C)CC2)OC1=O. The second kappa shape index (κ2) is 20.9. The number of piperazine rings is 2. The number of aromatic amines is 1. The van der Waals surface area contributed by atoms with E-state index in [-0.39, 0.29) is 25.3 Å². The minimum absolute atomic E-state index is 0.00147. The molecule has 358 valence electrons. The zero-order valence-electron chi connectivity index (χ0n) is 38.5. The molecule has 0 amide bonds. The highest BCUT2D eigenvalue weighted by atomic mass is 16.6. The molecule has 4 aliphatic heterocycles. The molecule has 2 unspecified atom stereocenters. The smallest absolute Gasteiger partial charge is 0.417 e. The first kappa shape index (κ1) is 48.3.